The molecule has 0 spiro atoms. The summed E-state index contributed by atoms with van der Waals surface area (Å²) in [5.74, 6) is 0.577. The highest BCUT2D eigenvalue weighted by Crippen LogP contribution is 2.36. The summed E-state index contributed by atoms with van der Waals surface area (Å²) in [6, 6.07) is 8.75. The van der Waals surface area contributed by atoms with E-state index in [0.717, 1.165) is 13.2 Å². The van der Waals surface area contributed by atoms with Crippen molar-refractivity contribution >= 4 is 0 Å². The van der Waals surface area contributed by atoms with E-state index in [0.29, 0.717) is 5.92 Å². The van der Waals surface area contributed by atoms with Crippen molar-refractivity contribution in [3.8, 4) is 0 Å². The average Bonchev–Trinajstić information content (AvgIpc) is 2.85. The zero-order chi connectivity index (χ0) is 9.38. The fourth-order valence-electron chi connectivity index (χ4n) is 2.61. The fourth-order valence-corrected chi connectivity index (χ4v) is 2.61. The van der Waals surface area contributed by atoms with Gasteiger partial charge in [-0.1, -0.05) is 24.3 Å². The van der Waals surface area contributed by atoms with Gasteiger partial charge in [0.25, 0.3) is 0 Å². The van der Waals surface area contributed by atoms with Gasteiger partial charge in [-0.3, -0.25) is 5.32 Å². The summed E-state index contributed by atoms with van der Waals surface area (Å²) in [6.45, 7) is 1.87. The van der Waals surface area contributed by atoms with E-state index < -0.39 is 0 Å². The van der Waals surface area contributed by atoms with Gasteiger partial charge in [-0.2, -0.15) is 0 Å². The zero-order valence-corrected chi connectivity index (χ0v) is 8.20. The van der Waals surface area contributed by atoms with Crippen molar-refractivity contribution in [3.05, 3.63) is 35.4 Å². The molecular formula is C12H15NO. The third-order valence-corrected chi connectivity index (χ3v) is 3.29. The molecule has 1 aliphatic carbocycles. The molecular weight excluding hydrogens is 174 g/mol. The lowest BCUT2D eigenvalue weighted by molar-refractivity contribution is 0.0784. The first-order valence-corrected chi connectivity index (χ1v) is 5.38. The molecule has 2 atom stereocenters. The molecule has 14 heavy (non-hydrogen) atoms. The van der Waals surface area contributed by atoms with Crippen LogP contribution in [0, 0.1) is 0 Å². The maximum Gasteiger partial charge on any atom is 0.115 e. The van der Waals surface area contributed by atoms with Gasteiger partial charge in [-0.25, -0.2) is 0 Å². The van der Waals surface area contributed by atoms with Crippen LogP contribution >= 0.6 is 0 Å². The van der Waals surface area contributed by atoms with E-state index in [-0.39, 0.29) is 6.23 Å². The molecule has 0 aromatic heterocycles. The van der Waals surface area contributed by atoms with Gasteiger partial charge < -0.3 is 4.74 Å². The monoisotopic (exact) mass is 189 g/mol. The summed E-state index contributed by atoms with van der Waals surface area (Å²) in [5.41, 5.74) is 3.00. The van der Waals surface area contributed by atoms with Crippen molar-refractivity contribution < 1.29 is 4.74 Å². The van der Waals surface area contributed by atoms with Crippen LogP contribution < -0.4 is 5.32 Å². The summed E-state index contributed by atoms with van der Waals surface area (Å²) in [7, 11) is 0. The Hall–Kier alpha value is -0.860. The molecule has 2 unspecified atom stereocenters. The maximum absolute atomic E-state index is 5.68. The lowest BCUT2D eigenvalue weighted by Crippen LogP contribution is -2.28. The van der Waals surface area contributed by atoms with Gasteiger partial charge in [0.05, 0.1) is 6.61 Å². The predicted molar refractivity (Wildman–Crippen MR) is 55.2 cm³/mol. The third-order valence-electron chi connectivity index (χ3n) is 3.29. The van der Waals surface area contributed by atoms with Gasteiger partial charge in [-0.15, -0.1) is 0 Å². The van der Waals surface area contributed by atoms with Gasteiger partial charge in [-0.05, 0) is 24.0 Å². The van der Waals surface area contributed by atoms with E-state index in [2.05, 4.69) is 29.6 Å². The molecule has 1 aliphatic heterocycles. The molecule has 1 saturated heterocycles. The summed E-state index contributed by atoms with van der Waals surface area (Å²) >= 11 is 0. The molecule has 2 nitrogen and oxygen atoms in total. The molecule has 3 rings (SSSR count). The second-order valence-corrected chi connectivity index (χ2v) is 4.09. The first kappa shape index (κ1) is 8.45. The van der Waals surface area contributed by atoms with E-state index in [1.807, 2.05) is 0 Å². The normalized spacial score (nSPS) is 30.6. The quantitative estimate of drug-likeness (QED) is 0.725. The fraction of sp³-hybridized carbons (Fsp3) is 0.500. The van der Waals surface area contributed by atoms with Gasteiger partial charge in [0.2, 0.25) is 0 Å². The van der Waals surface area contributed by atoms with Crippen LogP contribution in [0.15, 0.2) is 24.3 Å². The van der Waals surface area contributed by atoms with E-state index in [4.69, 9.17) is 4.74 Å². The molecule has 0 radical (unpaired) electrons. The number of aryl methyl sites for hydroxylation is 1. The summed E-state index contributed by atoms with van der Waals surface area (Å²) < 4.78 is 5.68. The Labute approximate surface area is 84.3 Å². The molecule has 0 amide bonds. The number of nitrogens with one attached hydrogen (secondary N) is 1. The van der Waals surface area contributed by atoms with Crippen molar-refractivity contribution in [3.63, 3.8) is 0 Å². The van der Waals surface area contributed by atoms with Crippen molar-refractivity contribution in [2.24, 2.45) is 0 Å². The van der Waals surface area contributed by atoms with Crippen LogP contribution in [0.4, 0.5) is 0 Å². The van der Waals surface area contributed by atoms with Crippen molar-refractivity contribution in [2.45, 2.75) is 25.0 Å². The first-order valence-electron chi connectivity index (χ1n) is 5.38. The number of ether oxygens (including phenoxy) is 1. The molecule has 0 saturated carbocycles. The highest BCUT2D eigenvalue weighted by atomic mass is 16.5. The Balaban J connectivity index is 1.89. The van der Waals surface area contributed by atoms with Crippen molar-refractivity contribution in [1.29, 1.82) is 0 Å². The van der Waals surface area contributed by atoms with E-state index in [1.165, 1.54) is 24.0 Å². The predicted octanol–water partition coefficient (Wildman–Crippen LogP) is 1.66. The van der Waals surface area contributed by atoms with E-state index in [9.17, 15) is 0 Å². The molecule has 1 fully saturated rings. The summed E-state index contributed by atoms with van der Waals surface area (Å²) in [5, 5.41) is 3.42. The summed E-state index contributed by atoms with van der Waals surface area (Å²) in [4.78, 5) is 0. The summed E-state index contributed by atoms with van der Waals surface area (Å²) in [6.07, 6.45) is 2.71. The van der Waals surface area contributed by atoms with Crippen LogP contribution in [-0.4, -0.2) is 19.4 Å². The van der Waals surface area contributed by atoms with Crippen molar-refractivity contribution in [2.75, 3.05) is 13.2 Å². The highest BCUT2D eigenvalue weighted by Gasteiger charge is 2.31. The minimum atomic E-state index is 0.263. The number of benzene rings is 1. The smallest absolute Gasteiger partial charge is 0.115 e. The van der Waals surface area contributed by atoms with E-state index >= 15 is 0 Å². The largest absolute Gasteiger partial charge is 0.361 e. The van der Waals surface area contributed by atoms with Gasteiger partial charge in [0.1, 0.15) is 6.23 Å². The van der Waals surface area contributed by atoms with Crippen LogP contribution in [0.25, 0.3) is 0 Å². The second-order valence-electron chi connectivity index (χ2n) is 4.09. The Bertz CT molecular complexity index is 331. The second kappa shape index (κ2) is 3.37. The first-order chi connectivity index (χ1) is 6.95. The topological polar surface area (TPSA) is 21.3 Å². The third kappa shape index (κ3) is 1.26. The molecule has 2 heteroatoms. The highest BCUT2D eigenvalue weighted by molar-refractivity contribution is 5.35. The maximum atomic E-state index is 5.68. The lowest BCUT2D eigenvalue weighted by atomic mass is 10.00. The Morgan fingerprint density at radius 1 is 1.29 bits per heavy atom. The molecule has 1 N–H and O–H groups in total. The Kier molecular flexibility index (Phi) is 2.03. The zero-order valence-electron chi connectivity index (χ0n) is 8.20. The number of fused-ring (bicyclic) bond motifs is 1. The van der Waals surface area contributed by atoms with Gasteiger partial charge >= 0.3 is 0 Å². The van der Waals surface area contributed by atoms with Gasteiger partial charge in [0.15, 0.2) is 0 Å². The Morgan fingerprint density at radius 3 is 3.07 bits per heavy atom. The van der Waals surface area contributed by atoms with Crippen LogP contribution in [0.2, 0.25) is 0 Å². The minimum absolute atomic E-state index is 0.263. The van der Waals surface area contributed by atoms with Crippen LogP contribution in [0.1, 0.15) is 23.5 Å². The molecule has 1 heterocycles. The average molecular weight is 189 g/mol. The number of hydrogen-bond acceptors (Lipinski definition) is 2. The van der Waals surface area contributed by atoms with Crippen LogP contribution in [0.3, 0.4) is 0 Å². The minimum Gasteiger partial charge on any atom is -0.361 e. The van der Waals surface area contributed by atoms with Crippen LogP contribution in [0.5, 0.6) is 0 Å². The molecule has 0 bridgehead atoms. The standard InChI is InChI=1S/C12H15NO/c1-2-4-10-9(3-1)5-6-11(10)12-13-7-8-14-12/h1-4,11-13H,5-8H2. The molecule has 1 aromatic carbocycles. The molecule has 1 aromatic rings. The number of hydrogen-bond donors (Lipinski definition) is 1. The van der Waals surface area contributed by atoms with Gasteiger partial charge in [0, 0.05) is 12.5 Å². The van der Waals surface area contributed by atoms with Crippen LogP contribution in [-0.2, 0) is 11.2 Å². The molecule has 2 aliphatic rings. The Morgan fingerprint density at radius 2 is 2.21 bits per heavy atom. The lowest BCUT2D eigenvalue weighted by Gasteiger charge is -2.18. The SMILES string of the molecule is c1ccc2c(c1)CCC2C1NCCO1. The number of rotatable bonds is 1. The van der Waals surface area contributed by atoms with E-state index in [1.54, 1.807) is 0 Å². The molecule has 74 valence electrons. The van der Waals surface area contributed by atoms with Crippen molar-refractivity contribution in [1.82, 2.24) is 5.32 Å².